The van der Waals surface area contributed by atoms with Gasteiger partial charge in [0.2, 0.25) is 12.7 Å². The average Bonchev–Trinajstić information content (AvgIpc) is 3.27. The maximum absolute atomic E-state index is 5.59. The average molecular weight is 446 g/mol. The van der Waals surface area contributed by atoms with Crippen LogP contribution in [0.1, 0.15) is 49.4 Å². The first-order chi connectivity index (χ1) is 16.1. The van der Waals surface area contributed by atoms with Crippen LogP contribution in [0.5, 0.6) is 11.5 Å². The van der Waals surface area contributed by atoms with Gasteiger partial charge in [0.15, 0.2) is 11.5 Å². The zero-order chi connectivity index (χ0) is 22.8. The lowest BCUT2D eigenvalue weighted by Gasteiger charge is -2.33. The van der Waals surface area contributed by atoms with Gasteiger partial charge in [-0.3, -0.25) is 9.88 Å². The van der Waals surface area contributed by atoms with Crippen molar-refractivity contribution in [3.8, 4) is 22.6 Å². The van der Waals surface area contributed by atoms with Crippen LogP contribution in [0.25, 0.3) is 11.1 Å². The third kappa shape index (κ3) is 4.78. The van der Waals surface area contributed by atoms with Gasteiger partial charge in [0.1, 0.15) is 0 Å². The van der Waals surface area contributed by atoms with Crippen molar-refractivity contribution >= 4 is 5.95 Å². The number of piperidine rings is 1. The fraction of sp³-hybridized carbons (Fsp3) is 0.423. The second-order valence-corrected chi connectivity index (χ2v) is 9.22. The van der Waals surface area contributed by atoms with Crippen LogP contribution in [0.15, 0.2) is 42.9 Å². The standard InChI is InChI=1S/C26H31N5O2/c1-17(2)29-26-28-14-22(20-5-4-8-27-13-20)25(30-26)19-6-9-31(10-7-19)15-21-12-24-23(11-18(21)3)32-16-33-24/h4-5,8,11-14,17,19H,6-7,9-10,15-16H2,1-3H3,(H,28,29,30). The number of anilines is 1. The van der Waals surface area contributed by atoms with Crippen molar-refractivity contribution in [2.75, 3.05) is 25.2 Å². The first-order valence-electron chi connectivity index (χ1n) is 11.7. The first-order valence-corrected chi connectivity index (χ1v) is 11.7. The molecule has 7 nitrogen and oxygen atoms in total. The molecule has 4 heterocycles. The molecule has 2 aliphatic rings. The van der Waals surface area contributed by atoms with Crippen molar-refractivity contribution in [2.45, 2.75) is 52.1 Å². The summed E-state index contributed by atoms with van der Waals surface area (Å²) in [6, 6.07) is 8.57. The molecule has 0 saturated carbocycles. The molecule has 1 N–H and O–H groups in total. The van der Waals surface area contributed by atoms with E-state index in [0.717, 1.165) is 60.8 Å². The predicted octanol–water partition coefficient (Wildman–Crippen LogP) is 4.78. The molecular weight excluding hydrogens is 414 g/mol. The predicted molar refractivity (Wildman–Crippen MR) is 129 cm³/mol. The van der Waals surface area contributed by atoms with Gasteiger partial charge in [-0.05, 0) is 76.0 Å². The summed E-state index contributed by atoms with van der Waals surface area (Å²) in [5.74, 6) is 2.81. The van der Waals surface area contributed by atoms with Crippen LogP contribution in [0.2, 0.25) is 0 Å². The molecule has 3 aromatic rings. The Hall–Kier alpha value is -3.19. The molecule has 1 aromatic carbocycles. The number of nitrogens with zero attached hydrogens (tertiary/aromatic N) is 4. The Balaban J connectivity index is 1.33. The number of pyridine rings is 1. The van der Waals surface area contributed by atoms with Crippen LogP contribution in [0.3, 0.4) is 0 Å². The van der Waals surface area contributed by atoms with Crippen LogP contribution in [0.4, 0.5) is 5.95 Å². The van der Waals surface area contributed by atoms with Gasteiger partial charge in [-0.25, -0.2) is 9.97 Å². The highest BCUT2D eigenvalue weighted by atomic mass is 16.7. The second kappa shape index (κ2) is 9.35. The number of hydrogen-bond acceptors (Lipinski definition) is 7. The van der Waals surface area contributed by atoms with Crippen molar-refractivity contribution in [1.82, 2.24) is 19.9 Å². The van der Waals surface area contributed by atoms with Gasteiger partial charge >= 0.3 is 0 Å². The van der Waals surface area contributed by atoms with E-state index in [0.29, 0.717) is 18.7 Å². The van der Waals surface area contributed by atoms with Gasteiger partial charge in [-0.15, -0.1) is 0 Å². The highest BCUT2D eigenvalue weighted by molar-refractivity contribution is 5.65. The Morgan fingerprint density at radius 1 is 1.12 bits per heavy atom. The quantitative estimate of drug-likeness (QED) is 0.586. The van der Waals surface area contributed by atoms with E-state index in [2.05, 4.69) is 59.2 Å². The van der Waals surface area contributed by atoms with Crippen molar-refractivity contribution in [1.29, 1.82) is 0 Å². The number of hydrogen-bond donors (Lipinski definition) is 1. The molecular formula is C26H31N5O2. The topological polar surface area (TPSA) is 72.4 Å². The normalized spacial score (nSPS) is 16.4. The van der Waals surface area contributed by atoms with Gasteiger partial charge in [-0.2, -0.15) is 0 Å². The number of likely N-dealkylation sites (tertiary alicyclic amines) is 1. The summed E-state index contributed by atoms with van der Waals surface area (Å²) in [7, 11) is 0. The summed E-state index contributed by atoms with van der Waals surface area (Å²) >= 11 is 0. The number of rotatable bonds is 6. The van der Waals surface area contributed by atoms with Crippen LogP contribution in [-0.4, -0.2) is 45.8 Å². The lowest BCUT2D eigenvalue weighted by molar-refractivity contribution is 0.173. The SMILES string of the molecule is Cc1cc2c(cc1CN1CCC(c3nc(NC(C)C)ncc3-c3cccnc3)CC1)OCO2. The minimum Gasteiger partial charge on any atom is -0.454 e. The van der Waals surface area contributed by atoms with E-state index in [1.54, 1.807) is 6.20 Å². The summed E-state index contributed by atoms with van der Waals surface area (Å²) in [5.41, 5.74) is 5.84. The van der Waals surface area contributed by atoms with E-state index in [9.17, 15) is 0 Å². The Morgan fingerprint density at radius 2 is 1.91 bits per heavy atom. The molecule has 172 valence electrons. The van der Waals surface area contributed by atoms with E-state index >= 15 is 0 Å². The van der Waals surface area contributed by atoms with E-state index in [4.69, 9.17) is 14.5 Å². The molecule has 5 rings (SSSR count). The monoisotopic (exact) mass is 445 g/mol. The van der Waals surface area contributed by atoms with E-state index < -0.39 is 0 Å². The molecule has 7 heteroatoms. The molecule has 0 spiro atoms. The number of benzene rings is 1. The number of aryl methyl sites for hydroxylation is 1. The Kier molecular flexibility index (Phi) is 6.13. The third-order valence-corrected chi connectivity index (χ3v) is 6.41. The maximum atomic E-state index is 5.59. The summed E-state index contributed by atoms with van der Waals surface area (Å²) < 4.78 is 11.1. The Labute approximate surface area is 195 Å². The molecule has 0 bridgehead atoms. The molecule has 1 fully saturated rings. The van der Waals surface area contributed by atoms with Crippen molar-refractivity contribution in [3.05, 3.63) is 59.7 Å². The fourth-order valence-corrected chi connectivity index (χ4v) is 4.64. The zero-order valence-corrected chi connectivity index (χ0v) is 19.5. The van der Waals surface area contributed by atoms with E-state index in [-0.39, 0.29) is 6.04 Å². The van der Waals surface area contributed by atoms with Crippen LogP contribution >= 0.6 is 0 Å². The van der Waals surface area contributed by atoms with Gasteiger partial charge in [0, 0.05) is 48.2 Å². The summed E-state index contributed by atoms with van der Waals surface area (Å²) in [4.78, 5) is 16.4. The molecule has 0 aliphatic carbocycles. The largest absolute Gasteiger partial charge is 0.454 e. The molecule has 2 aliphatic heterocycles. The van der Waals surface area contributed by atoms with Gasteiger partial charge in [0.05, 0.1) is 5.69 Å². The van der Waals surface area contributed by atoms with Gasteiger partial charge in [0.25, 0.3) is 0 Å². The van der Waals surface area contributed by atoms with Crippen LogP contribution < -0.4 is 14.8 Å². The molecule has 0 radical (unpaired) electrons. The zero-order valence-electron chi connectivity index (χ0n) is 19.5. The fourth-order valence-electron chi connectivity index (χ4n) is 4.64. The summed E-state index contributed by atoms with van der Waals surface area (Å²) in [6.07, 6.45) is 7.78. The molecule has 0 unspecified atom stereocenters. The van der Waals surface area contributed by atoms with Gasteiger partial charge in [-0.1, -0.05) is 6.07 Å². The van der Waals surface area contributed by atoms with Crippen LogP contribution in [-0.2, 0) is 6.54 Å². The number of nitrogens with one attached hydrogen (secondary N) is 1. The number of ether oxygens (including phenoxy) is 2. The van der Waals surface area contributed by atoms with Crippen LogP contribution in [0, 0.1) is 6.92 Å². The molecule has 0 atom stereocenters. The summed E-state index contributed by atoms with van der Waals surface area (Å²) in [6.45, 7) is 9.66. The molecule has 0 amide bonds. The molecule has 33 heavy (non-hydrogen) atoms. The maximum Gasteiger partial charge on any atom is 0.231 e. The highest BCUT2D eigenvalue weighted by Gasteiger charge is 2.26. The molecule has 1 saturated heterocycles. The minimum absolute atomic E-state index is 0.286. The Bertz CT molecular complexity index is 1110. The smallest absolute Gasteiger partial charge is 0.231 e. The minimum atomic E-state index is 0.286. The third-order valence-electron chi connectivity index (χ3n) is 6.41. The van der Waals surface area contributed by atoms with Gasteiger partial charge < -0.3 is 14.8 Å². The van der Waals surface area contributed by atoms with E-state index in [1.807, 2.05) is 18.5 Å². The Morgan fingerprint density at radius 3 is 2.64 bits per heavy atom. The number of aromatic nitrogens is 3. The van der Waals surface area contributed by atoms with Crippen molar-refractivity contribution < 1.29 is 9.47 Å². The first kappa shape index (κ1) is 21.6. The summed E-state index contributed by atoms with van der Waals surface area (Å²) in [5, 5.41) is 3.36. The second-order valence-electron chi connectivity index (χ2n) is 9.22. The number of fused-ring (bicyclic) bond motifs is 1. The highest BCUT2D eigenvalue weighted by Crippen LogP contribution is 2.37. The van der Waals surface area contributed by atoms with E-state index in [1.165, 1.54) is 11.1 Å². The lowest BCUT2D eigenvalue weighted by atomic mass is 9.89. The van der Waals surface area contributed by atoms with Crippen molar-refractivity contribution in [3.63, 3.8) is 0 Å². The lowest BCUT2D eigenvalue weighted by Crippen LogP contribution is -2.33. The van der Waals surface area contributed by atoms with Crippen molar-refractivity contribution in [2.24, 2.45) is 0 Å². The molecule has 2 aromatic heterocycles.